The second-order valence-corrected chi connectivity index (χ2v) is 3.84. The van der Waals surface area contributed by atoms with Gasteiger partial charge in [-0.1, -0.05) is 6.07 Å². The number of aromatic carboxylic acids is 1. The monoisotopic (exact) mass is 259 g/mol. The number of benzene rings is 2. The van der Waals surface area contributed by atoms with E-state index in [1.807, 2.05) is 0 Å². The molecule has 0 radical (unpaired) electrons. The molecule has 19 heavy (non-hydrogen) atoms. The predicted molar refractivity (Wildman–Crippen MR) is 70.9 cm³/mol. The SMILES string of the molecule is COc1cccc(Oc2cc(C(=O)O)ccc2N)c1. The van der Waals surface area contributed by atoms with Crippen LogP contribution in [0.5, 0.6) is 17.2 Å². The topological polar surface area (TPSA) is 81.8 Å². The molecule has 0 spiro atoms. The molecule has 0 heterocycles. The first kappa shape index (κ1) is 12.8. The van der Waals surface area contributed by atoms with E-state index >= 15 is 0 Å². The van der Waals surface area contributed by atoms with Crippen molar-refractivity contribution in [2.45, 2.75) is 0 Å². The van der Waals surface area contributed by atoms with Crippen LogP contribution in [0.3, 0.4) is 0 Å². The Bertz CT molecular complexity index is 610. The maximum Gasteiger partial charge on any atom is 0.335 e. The van der Waals surface area contributed by atoms with Gasteiger partial charge in [0.2, 0.25) is 0 Å². The van der Waals surface area contributed by atoms with Crippen LogP contribution in [-0.2, 0) is 0 Å². The zero-order valence-electron chi connectivity index (χ0n) is 10.3. The number of methoxy groups -OCH3 is 1. The van der Waals surface area contributed by atoms with E-state index in [2.05, 4.69) is 0 Å². The lowest BCUT2D eigenvalue weighted by Gasteiger charge is -2.10. The third-order valence-corrected chi connectivity index (χ3v) is 2.53. The van der Waals surface area contributed by atoms with Gasteiger partial charge in [-0.25, -0.2) is 4.79 Å². The van der Waals surface area contributed by atoms with E-state index in [0.717, 1.165) is 0 Å². The number of carboxylic acid groups (broad SMARTS) is 1. The van der Waals surface area contributed by atoms with Gasteiger partial charge in [0.15, 0.2) is 5.75 Å². The summed E-state index contributed by atoms with van der Waals surface area (Å²) in [4.78, 5) is 10.9. The van der Waals surface area contributed by atoms with Gasteiger partial charge in [0.1, 0.15) is 11.5 Å². The first-order valence-corrected chi connectivity index (χ1v) is 5.55. The minimum Gasteiger partial charge on any atom is -0.497 e. The van der Waals surface area contributed by atoms with Gasteiger partial charge in [-0.3, -0.25) is 0 Å². The van der Waals surface area contributed by atoms with E-state index in [1.54, 1.807) is 31.4 Å². The normalized spacial score (nSPS) is 9.95. The zero-order chi connectivity index (χ0) is 13.8. The Hall–Kier alpha value is -2.69. The molecule has 0 saturated carbocycles. The third-order valence-electron chi connectivity index (χ3n) is 2.53. The van der Waals surface area contributed by atoms with Gasteiger partial charge in [-0.05, 0) is 30.3 Å². The third kappa shape index (κ3) is 2.95. The molecule has 0 aliphatic carbocycles. The van der Waals surface area contributed by atoms with Crippen LogP contribution in [0.15, 0.2) is 42.5 Å². The van der Waals surface area contributed by atoms with E-state index in [-0.39, 0.29) is 5.56 Å². The highest BCUT2D eigenvalue weighted by Crippen LogP contribution is 2.30. The second kappa shape index (κ2) is 5.30. The van der Waals surface area contributed by atoms with Gasteiger partial charge >= 0.3 is 5.97 Å². The summed E-state index contributed by atoms with van der Waals surface area (Å²) >= 11 is 0. The van der Waals surface area contributed by atoms with Crippen LogP contribution in [0, 0.1) is 0 Å². The molecule has 0 unspecified atom stereocenters. The molecular formula is C14H13NO4. The summed E-state index contributed by atoms with van der Waals surface area (Å²) in [6.45, 7) is 0. The molecule has 0 bridgehead atoms. The molecule has 0 saturated heterocycles. The summed E-state index contributed by atoms with van der Waals surface area (Å²) in [7, 11) is 1.55. The van der Waals surface area contributed by atoms with Gasteiger partial charge in [0.25, 0.3) is 0 Å². The molecule has 2 aromatic rings. The van der Waals surface area contributed by atoms with Crippen molar-refractivity contribution in [2.24, 2.45) is 0 Å². The van der Waals surface area contributed by atoms with Gasteiger partial charge in [-0.2, -0.15) is 0 Å². The lowest BCUT2D eigenvalue weighted by atomic mass is 10.2. The molecule has 98 valence electrons. The number of ether oxygens (including phenoxy) is 2. The Morgan fingerprint density at radius 2 is 1.89 bits per heavy atom. The van der Waals surface area contributed by atoms with Crippen LogP contribution in [0.2, 0.25) is 0 Å². The summed E-state index contributed by atoms with van der Waals surface area (Å²) in [5.74, 6) is 0.433. The van der Waals surface area contributed by atoms with Crippen LogP contribution in [0.25, 0.3) is 0 Å². The van der Waals surface area contributed by atoms with Crippen LogP contribution in [-0.4, -0.2) is 18.2 Å². The van der Waals surface area contributed by atoms with Crippen LogP contribution >= 0.6 is 0 Å². The van der Waals surface area contributed by atoms with Crippen LogP contribution in [0.1, 0.15) is 10.4 Å². The van der Waals surface area contributed by atoms with Crippen molar-refractivity contribution in [3.05, 3.63) is 48.0 Å². The lowest BCUT2D eigenvalue weighted by Crippen LogP contribution is -1.99. The molecule has 0 aliphatic heterocycles. The Labute approximate surface area is 110 Å². The molecule has 0 fully saturated rings. The van der Waals surface area contributed by atoms with Crippen molar-refractivity contribution >= 4 is 11.7 Å². The Morgan fingerprint density at radius 3 is 2.58 bits per heavy atom. The summed E-state index contributed by atoms with van der Waals surface area (Å²) in [5, 5.41) is 8.93. The number of nitrogen functional groups attached to an aromatic ring is 1. The van der Waals surface area contributed by atoms with Crippen molar-refractivity contribution in [3.8, 4) is 17.2 Å². The molecule has 0 amide bonds. The smallest absolute Gasteiger partial charge is 0.335 e. The molecular weight excluding hydrogens is 246 g/mol. The number of anilines is 1. The lowest BCUT2D eigenvalue weighted by molar-refractivity contribution is 0.0696. The fraction of sp³-hybridized carbons (Fsp3) is 0.0714. The zero-order valence-corrected chi connectivity index (χ0v) is 10.3. The summed E-state index contributed by atoms with van der Waals surface area (Å²) in [6.07, 6.45) is 0. The Morgan fingerprint density at radius 1 is 1.16 bits per heavy atom. The average molecular weight is 259 g/mol. The fourth-order valence-electron chi connectivity index (χ4n) is 1.55. The number of hydrogen-bond acceptors (Lipinski definition) is 4. The van der Waals surface area contributed by atoms with E-state index < -0.39 is 5.97 Å². The molecule has 0 atom stereocenters. The van der Waals surface area contributed by atoms with Crippen molar-refractivity contribution in [1.82, 2.24) is 0 Å². The fourth-order valence-corrected chi connectivity index (χ4v) is 1.55. The number of rotatable bonds is 4. The number of hydrogen-bond donors (Lipinski definition) is 2. The molecule has 2 aromatic carbocycles. The van der Waals surface area contributed by atoms with Gasteiger partial charge < -0.3 is 20.3 Å². The van der Waals surface area contributed by atoms with Crippen molar-refractivity contribution in [3.63, 3.8) is 0 Å². The maximum atomic E-state index is 10.9. The van der Waals surface area contributed by atoms with Crippen molar-refractivity contribution in [2.75, 3.05) is 12.8 Å². The van der Waals surface area contributed by atoms with Crippen LogP contribution < -0.4 is 15.2 Å². The summed E-state index contributed by atoms with van der Waals surface area (Å²) in [5.41, 5.74) is 6.24. The second-order valence-electron chi connectivity index (χ2n) is 3.84. The Balaban J connectivity index is 2.31. The minimum atomic E-state index is -1.03. The minimum absolute atomic E-state index is 0.118. The standard InChI is InChI=1S/C14H13NO4/c1-18-10-3-2-4-11(8-10)19-13-7-9(14(16)17)5-6-12(13)15/h2-8H,15H2,1H3,(H,16,17). The average Bonchev–Trinajstić information content (AvgIpc) is 2.41. The highest BCUT2D eigenvalue weighted by molar-refractivity contribution is 5.89. The van der Waals surface area contributed by atoms with E-state index in [0.29, 0.717) is 22.9 Å². The summed E-state index contributed by atoms with van der Waals surface area (Å²) < 4.78 is 10.7. The van der Waals surface area contributed by atoms with Gasteiger partial charge in [-0.15, -0.1) is 0 Å². The number of carboxylic acids is 1. The maximum absolute atomic E-state index is 10.9. The molecule has 3 N–H and O–H groups in total. The largest absolute Gasteiger partial charge is 0.497 e. The number of nitrogens with two attached hydrogens (primary N) is 1. The quantitative estimate of drug-likeness (QED) is 0.825. The first-order chi connectivity index (χ1) is 9.10. The Kier molecular flexibility index (Phi) is 3.56. The van der Waals surface area contributed by atoms with Gasteiger partial charge in [0, 0.05) is 6.07 Å². The highest BCUT2D eigenvalue weighted by atomic mass is 16.5. The summed E-state index contributed by atoms with van der Waals surface area (Å²) in [6, 6.07) is 11.3. The van der Waals surface area contributed by atoms with Gasteiger partial charge in [0.05, 0.1) is 18.4 Å². The molecule has 0 aliphatic rings. The molecule has 5 heteroatoms. The molecule has 5 nitrogen and oxygen atoms in total. The highest BCUT2D eigenvalue weighted by Gasteiger charge is 2.09. The van der Waals surface area contributed by atoms with Crippen molar-refractivity contribution < 1.29 is 19.4 Å². The van der Waals surface area contributed by atoms with E-state index in [4.69, 9.17) is 20.3 Å². The first-order valence-electron chi connectivity index (χ1n) is 5.55. The van der Waals surface area contributed by atoms with Crippen molar-refractivity contribution in [1.29, 1.82) is 0 Å². The molecule has 0 aromatic heterocycles. The van der Waals surface area contributed by atoms with E-state index in [1.165, 1.54) is 18.2 Å². The molecule has 2 rings (SSSR count). The predicted octanol–water partition coefficient (Wildman–Crippen LogP) is 2.77. The number of carbonyl (C=O) groups is 1. The van der Waals surface area contributed by atoms with E-state index in [9.17, 15) is 4.79 Å². The van der Waals surface area contributed by atoms with Crippen LogP contribution in [0.4, 0.5) is 5.69 Å².